The number of nitrogens with one attached hydrogen (secondary N) is 2. The van der Waals surface area contributed by atoms with Gasteiger partial charge in [-0.15, -0.1) is 11.8 Å². The minimum absolute atomic E-state index is 0.0170. The van der Waals surface area contributed by atoms with E-state index in [1.165, 1.54) is 4.90 Å². The molecule has 1 aromatic heterocycles. The van der Waals surface area contributed by atoms with E-state index < -0.39 is 11.8 Å². The summed E-state index contributed by atoms with van der Waals surface area (Å²) in [7, 11) is 1.57. The van der Waals surface area contributed by atoms with Gasteiger partial charge in [-0.3, -0.25) is 24.1 Å². The first-order valence-corrected chi connectivity index (χ1v) is 17.6. The monoisotopic (exact) mass is 707 g/mol. The van der Waals surface area contributed by atoms with Crippen molar-refractivity contribution in [3.63, 3.8) is 0 Å². The molecule has 13 heteroatoms. The van der Waals surface area contributed by atoms with Crippen molar-refractivity contribution < 1.29 is 23.9 Å². The molecule has 47 heavy (non-hydrogen) atoms. The summed E-state index contributed by atoms with van der Waals surface area (Å²) in [6.07, 6.45) is 0.738. The van der Waals surface area contributed by atoms with Gasteiger partial charge in [-0.2, -0.15) is 0 Å². The van der Waals surface area contributed by atoms with Crippen LogP contribution in [0.25, 0.3) is 0 Å². The van der Waals surface area contributed by atoms with E-state index >= 15 is 0 Å². The maximum absolute atomic E-state index is 14.1. The third-order valence-corrected chi connectivity index (χ3v) is 12.9. The Bertz CT molecular complexity index is 1980. The molecule has 7 atom stereocenters. The number of thiazole rings is 1. The standard InChI is InChI=1S/C34H27Cl2N3O6S2/c1-44-19-9-7-18(8-10-19)39-32(41)27-21-13-22(28(27)33(39)42)29-26(21)25(30-31(46-29)38-34(43)47-30)20-12-16(36)4-11-23(20)45-14-24(40)37-17-5-2-15(35)3-6-17/h2-12,21-22,25-29H,13-14H2,1H3,(H,37,40)(H,38,43)/t21?,22?,25-,26?,27?,28?,29?/m1/s1. The second kappa shape index (κ2) is 11.7. The van der Waals surface area contributed by atoms with Gasteiger partial charge in [0.2, 0.25) is 11.8 Å². The number of imide groups is 1. The van der Waals surface area contributed by atoms with Crippen LogP contribution in [0.5, 0.6) is 11.5 Å². The van der Waals surface area contributed by atoms with Crippen LogP contribution in [0, 0.1) is 29.6 Å². The Labute approximate surface area is 287 Å². The molecule has 2 aliphatic carbocycles. The van der Waals surface area contributed by atoms with Gasteiger partial charge >= 0.3 is 4.87 Å². The van der Waals surface area contributed by atoms with Crippen LogP contribution in [-0.4, -0.2) is 41.7 Å². The van der Waals surface area contributed by atoms with Crippen LogP contribution >= 0.6 is 46.3 Å². The fourth-order valence-corrected chi connectivity index (χ4v) is 11.3. The fourth-order valence-electron chi connectivity index (χ4n) is 8.12. The normalized spacial score (nSPS) is 27.0. The molecule has 4 aliphatic rings. The summed E-state index contributed by atoms with van der Waals surface area (Å²) in [5, 5.41) is 4.60. The van der Waals surface area contributed by atoms with Gasteiger partial charge in [0.15, 0.2) is 6.61 Å². The lowest BCUT2D eigenvalue weighted by atomic mass is 9.68. The highest BCUT2D eigenvalue weighted by molar-refractivity contribution is 8.00. The van der Waals surface area contributed by atoms with Crippen LogP contribution in [0.2, 0.25) is 10.0 Å². The Morgan fingerprint density at radius 1 is 0.957 bits per heavy atom. The van der Waals surface area contributed by atoms with E-state index in [0.717, 1.165) is 33.2 Å². The molecule has 3 fully saturated rings. The first kappa shape index (κ1) is 30.6. The van der Waals surface area contributed by atoms with Crippen molar-refractivity contribution in [2.24, 2.45) is 29.6 Å². The van der Waals surface area contributed by atoms with Crippen molar-refractivity contribution in [3.8, 4) is 11.5 Å². The van der Waals surface area contributed by atoms with Gasteiger partial charge in [0.25, 0.3) is 5.91 Å². The molecule has 3 aromatic carbocycles. The number of carbonyl (C=O) groups is 3. The van der Waals surface area contributed by atoms with Crippen LogP contribution in [-0.2, 0) is 14.4 Å². The first-order chi connectivity index (χ1) is 22.7. The second-order valence-corrected chi connectivity index (χ2v) is 15.3. The molecular weight excluding hydrogens is 681 g/mol. The number of halogens is 2. The van der Waals surface area contributed by atoms with Crippen LogP contribution in [0.1, 0.15) is 22.8 Å². The number of methoxy groups -OCH3 is 1. The Morgan fingerprint density at radius 2 is 1.66 bits per heavy atom. The molecule has 240 valence electrons. The van der Waals surface area contributed by atoms with E-state index in [9.17, 15) is 19.2 Å². The van der Waals surface area contributed by atoms with Crippen LogP contribution < -0.4 is 24.6 Å². The Balaban J connectivity index is 1.13. The Kier molecular flexibility index (Phi) is 7.63. The topological polar surface area (TPSA) is 118 Å². The molecule has 6 unspecified atom stereocenters. The predicted molar refractivity (Wildman–Crippen MR) is 181 cm³/mol. The summed E-state index contributed by atoms with van der Waals surface area (Å²) in [4.78, 5) is 58.7. The molecule has 2 N–H and O–H groups in total. The summed E-state index contributed by atoms with van der Waals surface area (Å²) < 4.78 is 11.4. The van der Waals surface area contributed by atoms with Crippen molar-refractivity contribution >= 4 is 75.4 Å². The number of ether oxygens (including phenoxy) is 2. The van der Waals surface area contributed by atoms with Crippen LogP contribution in [0.15, 0.2) is 76.6 Å². The zero-order chi connectivity index (χ0) is 32.6. The molecule has 2 saturated carbocycles. The van der Waals surface area contributed by atoms with Gasteiger partial charge in [0.05, 0.1) is 29.7 Å². The molecule has 0 radical (unpaired) electrons. The minimum atomic E-state index is -0.468. The van der Waals surface area contributed by atoms with Gasteiger partial charge in [-0.1, -0.05) is 34.5 Å². The third kappa shape index (κ3) is 5.06. The number of H-pyrrole nitrogens is 1. The van der Waals surface area contributed by atoms with E-state index in [1.807, 2.05) is 6.07 Å². The molecule has 3 amide bonds. The lowest BCUT2D eigenvalue weighted by molar-refractivity contribution is -0.123. The quantitative estimate of drug-likeness (QED) is 0.212. The predicted octanol–water partition coefficient (Wildman–Crippen LogP) is 6.45. The minimum Gasteiger partial charge on any atom is -0.497 e. The van der Waals surface area contributed by atoms with E-state index in [0.29, 0.717) is 32.9 Å². The number of amides is 3. The second-order valence-electron chi connectivity index (χ2n) is 12.2. The lowest BCUT2D eigenvalue weighted by Gasteiger charge is -2.43. The van der Waals surface area contributed by atoms with Crippen molar-refractivity contribution in [1.82, 2.24) is 4.98 Å². The highest BCUT2D eigenvalue weighted by Gasteiger charge is 2.69. The van der Waals surface area contributed by atoms with Crippen LogP contribution in [0.3, 0.4) is 0 Å². The van der Waals surface area contributed by atoms with E-state index in [4.69, 9.17) is 32.7 Å². The highest BCUT2D eigenvalue weighted by Crippen LogP contribution is 2.69. The Morgan fingerprint density at radius 3 is 2.38 bits per heavy atom. The number of hydrogen-bond acceptors (Lipinski definition) is 8. The summed E-state index contributed by atoms with van der Waals surface area (Å²) in [6.45, 7) is -0.260. The molecular formula is C34H27Cl2N3O6S2. The summed E-state index contributed by atoms with van der Waals surface area (Å²) >= 11 is 15.3. The summed E-state index contributed by atoms with van der Waals surface area (Å²) in [6, 6.07) is 19.0. The summed E-state index contributed by atoms with van der Waals surface area (Å²) in [5.74, 6) is -1.04. The van der Waals surface area contributed by atoms with Crippen molar-refractivity contribution in [1.29, 1.82) is 0 Å². The lowest BCUT2D eigenvalue weighted by Crippen LogP contribution is -2.42. The van der Waals surface area contributed by atoms with Crippen molar-refractivity contribution in [3.05, 3.63) is 96.9 Å². The van der Waals surface area contributed by atoms with Crippen molar-refractivity contribution in [2.45, 2.75) is 22.6 Å². The maximum atomic E-state index is 14.1. The highest BCUT2D eigenvalue weighted by atomic mass is 35.5. The zero-order valence-corrected chi connectivity index (χ0v) is 27.9. The molecule has 4 aromatic rings. The number of hydrogen-bond donors (Lipinski definition) is 2. The van der Waals surface area contributed by atoms with E-state index in [1.54, 1.807) is 79.5 Å². The number of nitrogens with zero attached hydrogens (tertiary/aromatic N) is 1. The Hall–Kier alpha value is -3.77. The number of thioether (sulfide) groups is 1. The number of carbonyl (C=O) groups excluding carboxylic acids is 3. The van der Waals surface area contributed by atoms with E-state index in [-0.39, 0.29) is 58.1 Å². The fraction of sp³-hybridized carbons (Fsp3) is 0.294. The first-order valence-electron chi connectivity index (χ1n) is 15.1. The smallest absolute Gasteiger partial charge is 0.305 e. The average molecular weight is 709 g/mol. The number of aromatic nitrogens is 1. The SMILES string of the molecule is COc1ccc(N2C(=O)C3C4CC(C3C2=O)C2C4Sc3[nH]c(=O)sc3[C@@H]2c2cc(Cl)ccc2OCC(=O)Nc2ccc(Cl)cc2)cc1. The van der Waals surface area contributed by atoms with Gasteiger partial charge in [-0.25, -0.2) is 0 Å². The molecule has 2 bridgehead atoms. The summed E-state index contributed by atoms with van der Waals surface area (Å²) in [5.41, 5.74) is 1.87. The zero-order valence-electron chi connectivity index (χ0n) is 24.8. The van der Waals surface area contributed by atoms with Gasteiger partial charge < -0.3 is 19.8 Å². The van der Waals surface area contributed by atoms with Gasteiger partial charge in [0, 0.05) is 37.3 Å². The number of aromatic amines is 1. The number of anilines is 2. The molecule has 0 spiro atoms. The average Bonchev–Trinajstić information content (AvgIpc) is 3.80. The van der Waals surface area contributed by atoms with Gasteiger partial charge in [-0.05, 0) is 90.9 Å². The molecule has 9 nitrogen and oxygen atoms in total. The van der Waals surface area contributed by atoms with Crippen LogP contribution in [0.4, 0.5) is 11.4 Å². The number of benzene rings is 3. The maximum Gasteiger partial charge on any atom is 0.305 e. The molecule has 8 rings (SSSR count). The number of rotatable bonds is 7. The molecule has 3 heterocycles. The number of fused-ring (bicyclic) bond motifs is 9. The third-order valence-electron chi connectivity index (χ3n) is 9.85. The van der Waals surface area contributed by atoms with Gasteiger partial charge in [0.1, 0.15) is 11.5 Å². The largest absolute Gasteiger partial charge is 0.497 e. The van der Waals surface area contributed by atoms with Crippen molar-refractivity contribution in [2.75, 3.05) is 23.9 Å². The van der Waals surface area contributed by atoms with E-state index in [2.05, 4.69) is 10.3 Å². The molecule has 2 aliphatic heterocycles. The molecule has 1 saturated heterocycles.